The lowest BCUT2D eigenvalue weighted by Gasteiger charge is -2.11. The summed E-state index contributed by atoms with van der Waals surface area (Å²) in [6.45, 7) is 9.12. The highest BCUT2D eigenvalue weighted by Crippen LogP contribution is 2.55. The van der Waals surface area contributed by atoms with Crippen LogP contribution in [0.15, 0.2) is 12.1 Å². The maximum Gasteiger partial charge on any atom is 0.0931 e. The molecular formula is C13H20ClNS. The van der Waals surface area contributed by atoms with Gasteiger partial charge >= 0.3 is 0 Å². The fourth-order valence-corrected chi connectivity index (χ4v) is 3.50. The number of thiophene rings is 1. The molecule has 2 atom stereocenters. The summed E-state index contributed by atoms with van der Waals surface area (Å²) < 4.78 is 0.914. The molecule has 1 aliphatic rings. The number of nitrogens with one attached hydrogen (secondary N) is 1. The van der Waals surface area contributed by atoms with E-state index in [0.717, 1.165) is 29.3 Å². The van der Waals surface area contributed by atoms with Gasteiger partial charge in [-0.05, 0) is 43.5 Å². The van der Waals surface area contributed by atoms with E-state index in [1.165, 1.54) is 11.3 Å². The molecule has 3 heteroatoms. The monoisotopic (exact) mass is 257 g/mol. The molecule has 1 aliphatic carbocycles. The van der Waals surface area contributed by atoms with Gasteiger partial charge < -0.3 is 5.32 Å². The van der Waals surface area contributed by atoms with Crippen LogP contribution in [-0.2, 0) is 5.41 Å². The fraction of sp³-hybridized carbons (Fsp3) is 0.692. The Bertz CT molecular complexity index is 361. The molecule has 0 radical (unpaired) electrons. The van der Waals surface area contributed by atoms with E-state index in [1.807, 2.05) is 6.07 Å². The largest absolute Gasteiger partial charge is 0.316 e. The van der Waals surface area contributed by atoms with Gasteiger partial charge in [-0.3, -0.25) is 0 Å². The predicted octanol–water partition coefficient (Wildman–Crippen LogP) is 3.92. The normalized spacial score (nSPS) is 28.7. The van der Waals surface area contributed by atoms with Crippen LogP contribution >= 0.6 is 22.9 Å². The summed E-state index contributed by atoms with van der Waals surface area (Å²) in [5.74, 6) is 1.53. The Hall–Kier alpha value is -0.0500. The summed E-state index contributed by atoms with van der Waals surface area (Å²) in [4.78, 5) is 1.45. The Morgan fingerprint density at radius 1 is 1.56 bits per heavy atom. The van der Waals surface area contributed by atoms with Crippen molar-refractivity contribution in [3.8, 4) is 0 Å². The van der Waals surface area contributed by atoms with Crippen LogP contribution in [0.2, 0.25) is 4.34 Å². The molecule has 0 spiro atoms. The molecule has 1 saturated carbocycles. The van der Waals surface area contributed by atoms with E-state index in [0.29, 0.717) is 5.41 Å². The van der Waals surface area contributed by atoms with Gasteiger partial charge in [-0.15, -0.1) is 11.3 Å². The van der Waals surface area contributed by atoms with Crippen molar-refractivity contribution in [1.29, 1.82) is 0 Å². The first-order valence-corrected chi connectivity index (χ1v) is 7.18. The summed E-state index contributed by atoms with van der Waals surface area (Å²) >= 11 is 7.73. The van der Waals surface area contributed by atoms with Gasteiger partial charge in [0.1, 0.15) is 0 Å². The van der Waals surface area contributed by atoms with Crippen LogP contribution < -0.4 is 5.32 Å². The van der Waals surface area contributed by atoms with Crippen molar-refractivity contribution >= 4 is 22.9 Å². The van der Waals surface area contributed by atoms with Gasteiger partial charge in [-0.2, -0.15) is 0 Å². The molecule has 0 aromatic carbocycles. The molecule has 0 bridgehead atoms. The standard InChI is InChI=1S/C13H20ClNS/c1-9(2)7-15-8-10-6-13(10,3)11-4-5-12(14)16-11/h4-5,9-10,15H,6-8H2,1-3H3. The molecule has 1 heterocycles. The van der Waals surface area contributed by atoms with Gasteiger partial charge in [0.15, 0.2) is 0 Å². The van der Waals surface area contributed by atoms with E-state index in [9.17, 15) is 0 Å². The lowest BCUT2D eigenvalue weighted by Crippen LogP contribution is -2.24. The Morgan fingerprint density at radius 2 is 2.31 bits per heavy atom. The van der Waals surface area contributed by atoms with E-state index in [-0.39, 0.29) is 0 Å². The molecule has 1 nitrogen and oxygen atoms in total. The molecule has 2 unspecified atom stereocenters. The van der Waals surface area contributed by atoms with Gasteiger partial charge in [-0.25, -0.2) is 0 Å². The van der Waals surface area contributed by atoms with Crippen LogP contribution in [0.4, 0.5) is 0 Å². The van der Waals surface area contributed by atoms with Crippen molar-refractivity contribution in [3.05, 3.63) is 21.3 Å². The highest BCUT2D eigenvalue weighted by atomic mass is 35.5. The van der Waals surface area contributed by atoms with Crippen molar-refractivity contribution in [2.24, 2.45) is 11.8 Å². The van der Waals surface area contributed by atoms with Crippen LogP contribution in [0.1, 0.15) is 32.1 Å². The minimum absolute atomic E-state index is 0.391. The minimum atomic E-state index is 0.391. The Morgan fingerprint density at radius 3 is 2.88 bits per heavy atom. The lowest BCUT2D eigenvalue weighted by atomic mass is 10.0. The third-order valence-electron chi connectivity index (χ3n) is 3.49. The quantitative estimate of drug-likeness (QED) is 0.843. The van der Waals surface area contributed by atoms with Gasteiger partial charge in [0.05, 0.1) is 4.34 Å². The maximum atomic E-state index is 5.99. The zero-order chi connectivity index (χ0) is 11.8. The summed E-state index contributed by atoms with van der Waals surface area (Å²) in [6, 6.07) is 4.21. The van der Waals surface area contributed by atoms with E-state index in [2.05, 4.69) is 32.2 Å². The molecule has 90 valence electrons. The summed E-state index contributed by atoms with van der Waals surface area (Å²) in [6.07, 6.45) is 1.30. The molecular weight excluding hydrogens is 238 g/mol. The number of rotatable bonds is 5. The molecule has 16 heavy (non-hydrogen) atoms. The highest BCUT2D eigenvalue weighted by molar-refractivity contribution is 7.16. The average molecular weight is 258 g/mol. The Balaban J connectivity index is 1.84. The average Bonchev–Trinajstić information content (AvgIpc) is 2.66. The first-order chi connectivity index (χ1) is 7.52. The van der Waals surface area contributed by atoms with Gasteiger partial charge in [0, 0.05) is 10.3 Å². The topological polar surface area (TPSA) is 12.0 Å². The van der Waals surface area contributed by atoms with Gasteiger partial charge in [-0.1, -0.05) is 32.4 Å². The SMILES string of the molecule is CC(C)CNCC1CC1(C)c1ccc(Cl)s1. The molecule has 1 N–H and O–H groups in total. The zero-order valence-electron chi connectivity index (χ0n) is 10.2. The van der Waals surface area contributed by atoms with Crippen LogP contribution in [0.5, 0.6) is 0 Å². The molecule has 1 aromatic rings. The van der Waals surface area contributed by atoms with Crippen molar-refractivity contribution in [2.75, 3.05) is 13.1 Å². The highest BCUT2D eigenvalue weighted by Gasteiger charge is 2.51. The number of halogens is 1. The summed E-state index contributed by atoms with van der Waals surface area (Å²) in [7, 11) is 0. The molecule has 2 rings (SSSR count). The first-order valence-electron chi connectivity index (χ1n) is 5.99. The second kappa shape index (κ2) is 4.67. The first kappa shape index (κ1) is 12.4. The van der Waals surface area contributed by atoms with Crippen molar-refractivity contribution in [1.82, 2.24) is 5.32 Å². The molecule has 0 amide bonds. The summed E-state index contributed by atoms with van der Waals surface area (Å²) in [5.41, 5.74) is 0.391. The fourth-order valence-electron chi connectivity index (χ4n) is 2.22. The van der Waals surface area contributed by atoms with E-state index in [4.69, 9.17) is 11.6 Å². The van der Waals surface area contributed by atoms with E-state index >= 15 is 0 Å². The number of hydrogen-bond acceptors (Lipinski definition) is 2. The van der Waals surface area contributed by atoms with Crippen LogP contribution in [0.3, 0.4) is 0 Å². The smallest absolute Gasteiger partial charge is 0.0931 e. The second-order valence-corrected chi connectivity index (χ2v) is 7.19. The predicted molar refractivity (Wildman–Crippen MR) is 72.5 cm³/mol. The van der Waals surface area contributed by atoms with Crippen molar-refractivity contribution < 1.29 is 0 Å². The molecule has 1 aromatic heterocycles. The molecule has 1 fully saturated rings. The number of hydrogen-bond donors (Lipinski definition) is 1. The summed E-state index contributed by atoms with van der Waals surface area (Å²) in [5, 5.41) is 3.55. The molecule has 0 aliphatic heterocycles. The van der Waals surface area contributed by atoms with Crippen LogP contribution in [0.25, 0.3) is 0 Å². The van der Waals surface area contributed by atoms with Gasteiger partial charge in [0.2, 0.25) is 0 Å². The second-order valence-electron chi connectivity index (χ2n) is 5.47. The third-order valence-corrected chi connectivity index (χ3v) is 5.00. The zero-order valence-corrected chi connectivity index (χ0v) is 11.8. The minimum Gasteiger partial charge on any atom is -0.316 e. The van der Waals surface area contributed by atoms with Gasteiger partial charge in [0.25, 0.3) is 0 Å². The van der Waals surface area contributed by atoms with Crippen molar-refractivity contribution in [3.63, 3.8) is 0 Å². The Labute approximate surface area is 107 Å². The lowest BCUT2D eigenvalue weighted by molar-refractivity contribution is 0.517. The van der Waals surface area contributed by atoms with E-state index < -0.39 is 0 Å². The Kier molecular flexibility index (Phi) is 3.62. The van der Waals surface area contributed by atoms with Crippen molar-refractivity contribution in [2.45, 2.75) is 32.6 Å². The maximum absolute atomic E-state index is 5.99. The van der Waals surface area contributed by atoms with E-state index in [1.54, 1.807) is 11.3 Å². The van der Waals surface area contributed by atoms with Crippen LogP contribution in [0, 0.1) is 11.8 Å². The molecule has 0 saturated heterocycles. The van der Waals surface area contributed by atoms with Crippen LogP contribution in [-0.4, -0.2) is 13.1 Å². The third kappa shape index (κ3) is 2.61.